The molecule has 0 aliphatic carbocycles. The molecule has 0 radical (unpaired) electrons. The van der Waals surface area contributed by atoms with E-state index in [0.29, 0.717) is 0 Å². The molecular formula is C30H48O2Si. The molecule has 184 valence electrons. The Bertz CT molecular complexity index is 804. The molecule has 3 heteroatoms. The lowest BCUT2D eigenvalue weighted by molar-refractivity contribution is 0.0808. The van der Waals surface area contributed by atoms with Gasteiger partial charge in [0.25, 0.3) is 0 Å². The van der Waals surface area contributed by atoms with Crippen LogP contribution in [-0.2, 0) is 10.8 Å². The van der Waals surface area contributed by atoms with Gasteiger partial charge in [0, 0.05) is 12.3 Å². The lowest BCUT2D eigenvalue weighted by Gasteiger charge is -2.48. The smallest absolute Gasteiger partial charge is 0.194 e. The zero-order valence-electron chi connectivity index (χ0n) is 22.4. The Hall–Kier alpha value is -1.76. The number of phenols is 1. The Morgan fingerprint density at radius 3 is 2.24 bits per heavy atom. The predicted octanol–water partition coefficient (Wildman–Crippen LogP) is 8.83. The molecule has 1 aromatic carbocycles. The number of hydrogen-bond donors (Lipinski definition) is 1. The minimum absolute atomic E-state index is 0.0612. The van der Waals surface area contributed by atoms with E-state index in [1.807, 2.05) is 18.2 Å². The second-order valence-electron chi connectivity index (χ2n) is 10.8. The third kappa shape index (κ3) is 8.51. The number of benzene rings is 1. The van der Waals surface area contributed by atoms with Crippen LogP contribution in [0.1, 0.15) is 85.1 Å². The standard InChI is InChI=1S/C30H48O2Si/c1-10-13-15-16-23-30(25(4)18-14-11-2,32-33(8,9)29(5,6)7)27(17-12-3)24-26-19-21-28(31)22-20-26/h12,19-22,27,31H,3-4,10-11,13-15,17-18,24H2,1-2,5-9H3. The second-order valence-corrected chi connectivity index (χ2v) is 15.5. The summed E-state index contributed by atoms with van der Waals surface area (Å²) < 4.78 is 7.31. The molecule has 33 heavy (non-hydrogen) atoms. The minimum atomic E-state index is -2.17. The maximum Gasteiger partial charge on any atom is 0.194 e. The van der Waals surface area contributed by atoms with Crippen LogP contribution < -0.4 is 0 Å². The van der Waals surface area contributed by atoms with E-state index in [4.69, 9.17) is 4.43 Å². The van der Waals surface area contributed by atoms with E-state index in [9.17, 15) is 5.11 Å². The molecule has 0 spiro atoms. The first-order valence-electron chi connectivity index (χ1n) is 12.7. The molecule has 1 N–H and O–H groups in total. The monoisotopic (exact) mass is 468 g/mol. The van der Waals surface area contributed by atoms with Gasteiger partial charge in [0.05, 0.1) is 0 Å². The van der Waals surface area contributed by atoms with Crippen LogP contribution in [0.4, 0.5) is 0 Å². The van der Waals surface area contributed by atoms with Crippen molar-refractivity contribution >= 4 is 8.32 Å². The van der Waals surface area contributed by atoms with E-state index in [0.717, 1.165) is 56.9 Å². The van der Waals surface area contributed by atoms with Crippen LogP contribution in [0.15, 0.2) is 49.1 Å². The number of phenolic OH excluding ortho intramolecular Hbond substituents is 1. The van der Waals surface area contributed by atoms with Gasteiger partial charge in [0.1, 0.15) is 11.4 Å². The molecule has 0 bridgehead atoms. The van der Waals surface area contributed by atoms with Crippen molar-refractivity contribution in [3.8, 4) is 17.6 Å². The minimum Gasteiger partial charge on any atom is -0.508 e. The number of hydrogen-bond acceptors (Lipinski definition) is 2. The van der Waals surface area contributed by atoms with Gasteiger partial charge in [0.15, 0.2) is 8.32 Å². The molecule has 0 fully saturated rings. The summed E-state index contributed by atoms with van der Waals surface area (Å²) >= 11 is 0. The van der Waals surface area contributed by atoms with Crippen molar-refractivity contribution in [3.05, 3.63) is 54.6 Å². The Balaban J connectivity index is 3.66. The molecule has 0 saturated heterocycles. The summed E-state index contributed by atoms with van der Waals surface area (Å²) in [6, 6.07) is 7.52. The summed E-state index contributed by atoms with van der Waals surface area (Å²) in [5.41, 5.74) is 1.56. The lowest BCUT2D eigenvalue weighted by atomic mass is 9.75. The van der Waals surface area contributed by atoms with Gasteiger partial charge in [-0.15, -0.1) is 6.58 Å². The van der Waals surface area contributed by atoms with E-state index in [1.54, 1.807) is 12.1 Å². The molecule has 0 heterocycles. The molecule has 0 aromatic heterocycles. The van der Waals surface area contributed by atoms with Crippen molar-refractivity contribution in [1.82, 2.24) is 0 Å². The Labute approximate surface area is 205 Å². The van der Waals surface area contributed by atoms with Crippen molar-refractivity contribution < 1.29 is 9.53 Å². The number of allylic oxidation sites excluding steroid dienone is 1. The molecular weight excluding hydrogens is 420 g/mol. The molecule has 2 nitrogen and oxygen atoms in total. The lowest BCUT2D eigenvalue weighted by Crippen LogP contribution is -2.54. The predicted molar refractivity (Wildman–Crippen MR) is 147 cm³/mol. The van der Waals surface area contributed by atoms with Crippen molar-refractivity contribution in [3.63, 3.8) is 0 Å². The zero-order chi connectivity index (χ0) is 25.1. The number of aromatic hydroxyl groups is 1. The van der Waals surface area contributed by atoms with Crippen molar-refractivity contribution in [2.45, 2.75) is 110 Å². The topological polar surface area (TPSA) is 29.5 Å². The van der Waals surface area contributed by atoms with Crippen LogP contribution in [0.3, 0.4) is 0 Å². The van der Waals surface area contributed by atoms with Crippen LogP contribution in [0.25, 0.3) is 0 Å². The Kier molecular flexibility index (Phi) is 11.7. The fraction of sp³-hybridized carbons (Fsp3) is 0.600. The van der Waals surface area contributed by atoms with E-state index in [-0.39, 0.29) is 16.7 Å². The fourth-order valence-corrected chi connectivity index (χ4v) is 5.23. The summed E-state index contributed by atoms with van der Waals surface area (Å²) in [4.78, 5) is 0. The van der Waals surface area contributed by atoms with Gasteiger partial charge >= 0.3 is 0 Å². The van der Waals surface area contributed by atoms with Crippen LogP contribution in [0.5, 0.6) is 5.75 Å². The molecule has 0 aliphatic heterocycles. The van der Waals surface area contributed by atoms with E-state index < -0.39 is 13.9 Å². The molecule has 2 atom stereocenters. The molecule has 0 saturated carbocycles. The highest BCUT2D eigenvalue weighted by Crippen LogP contribution is 2.45. The molecule has 0 aliphatic rings. The van der Waals surface area contributed by atoms with Gasteiger partial charge in [-0.25, -0.2) is 0 Å². The highest BCUT2D eigenvalue weighted by atomic mass is 28.4. The Morgan fingerprint density at radius 1 is 1.12 bits per heavy atom. The summed E-state index contributed by atoms with van der Waals surface area (Å²) in [7, 11) is -2.17. The molecule has 0 amide bonds. The summed E-state index contributed by atoms with van der Waals surface area (Å²) in [6.07, 6.45) is 9.80. The SMILES string of the molecule is C=CCC(Cc1ccc(O)cc1)C(C#CCCCC)(O[Si](C)(C)C(C)(C)C)C(=C)CCCC. The van der Waals surface area contributed by atoms with Gasteiger partial charge in [0.2, 0.25) is 0 Å². The molecule has 1 aromatic rings. The maximum absolute atomic E-state index is 9.78. The van der Waals surface area contributed by atoms with Crippen LogP contribution >= 0.6 is 0 Å². The van der Waals surface area contributed by atoms with Crippen LogP contribution in [-0.4, -0.2) is 19.0 Å². The van der Waals surface area contributed by atoms with Crippen LogP contribution in [0.2, 0.25) is 18.1 Å². The van der Waals surface area contributed by atoms with Crippen molar-refractivity contribution in [1.29, 1.82) is 0 Å². The first kappa shape index (κ1) is 29.3. The van der Waals surface area contributed by atoms with Crippen molar-refractivity contribution in [2.24, 2.45) is 5.92 Å². The van der Waals surface area contributed by atoms with Crippen LogP contribution in [0, 0.1) is 17.8 Å². The van der Waals surface area contributed by atoms with Gasteiger partial charge < -0.3 is 9.53 Å². The summed E-state index contributed by atoms with van der Waals surface area (Å²) in [6.45, 7) is 24.6. The first-order chi connectivity index (χ1) is 15.4. The van der Waals surface area contributed by atoms with Gasteiger partial charge in [-0.05, 0) is 73.5 Å². The highest BCUT2D eigenvalue weighted by molar-refractivity contribution is 6.74. The average molecular weight is 469 g/mol. The third-order valence-corrected chi connectivity index (χ3v) is 11.4. The maximum atomic E-state index is 9.78. The van der Waals surface area contributed by atoms with Gasteiger partial charge in [-0.1, -0.05) is 84.1 Å². The Morgan fingerprint density at radius 2 is 1.73 bits per heavy atom. The van der Waals surface area contributed by atoms with E-state index in [1.165, 1.54) is 5.56 Å². The largest absolute Gasteiger partial charge is 0.508 e. The average Bonchev–Trinajstić information content (AvgIpc) is 2.74. The van der Waals surface area contributed by atoms with Crippen molar-refractivity contribution in [2.75, 3.05) is 0 Å². The summed E-state index contributed by atoms with van der Waals surface area (Å²) in [5.74, 6) is 7.58. The second kappa shape index (κ2) is 13.2. The first-order valence-corrected chi connectivity index (χ1v) is 15.6. The quantitative estimate of drug-likeness (QED) is 0.136. The highest BCUT2D eigenvalue weighted by Gasteiger charge is 2.48. The van der Waals surface area contributed by atoms with Gasteiger partial charge in [-0.3, -0.25) is 0 Å². The molecule has 2 unspecified atom stereocenters. The van der Waals surface area contributed by atoms with Gasteiger partial charge in [-0.2, -0.15) is 0 Å². The number of unbranched alkanes of at least 4 members (excludes halogenated alkanes) is 3. The third-order valence-electron chi connectivity index (χ3n) is 6.95. The normalized spacial score (nSPS) is 14.6. The zero-order valence-corrected chi connectivity index (χ0v) is 23.4. The van der Waals surface area contributed by atoms with E-state index in [2.05, 4.69) is 72.7 Å². The summed E-state index contributed by atoms with van der Waals surface area (Å²) in [5, 5.41) is 9.84. The number of rotatable bonds is 13. The van der Waals surface area contributed by atoms with E-state index >= 15 is 0 Å². The fourth-order valence-electron chi connectivity index (χ4n) is 3.76. The molecule has 1 rings (SSSR count).